The molecule has 142 valence electrons. The SMILES string of the molecule is CC(C)[Si]1(C(C)C)OCc2cccc(O)c2O[Si](C(C)C)(C(C)C)O1. The molecule has 6 heteroatoms. The van der Waals surface area contributed by atoms with E-state index in [9.17, 15) is 5.11 Å². The minimum absolute atomic E-state index is 0.172. The standard InChI is InChI=1S/C19H34O4Si2/c1-13(2)24(14(3)4)21-12-17-10-9-11-18(20)19(17)22-25(23-24,15(5)6)16(7)8/h9-11,13-16,20H,12H2,1-8H3. The van der Waals surface area contributed by atoms with Crippen LogP contribution in [0.1, 0.15) is 61.0 Å². The van der Waals surface area contributed by atoms with Crippen molar-refractivity contribution in [1.29, 1.82) is 0 Å². The molecule has 1 aromatic carbocycles. The Bertz CT molecular complexity index is 583. The maximum Gasteiger partial charge on any atom is 0.395 e. The minimum atomic E-state index is -2.69. The molecule has 0 saturated heterocycles. The first-order valence-electron chi connectivity index (χ1n) is 9.40. The van der Waals surface area contributed by atoms with Gasteiger partial charge in [-0.2, -0.15) is 0 Å². The third kappa shape index (κ3) is 3.54. The van der Waals surface area contributed by atoms with Crippen LogP contribution in [0, 0.1) is 0 Å². The summed E-state index contributed by atoms with van der Waals surface area (Å²) >= 11 is 0. The van der Waals surface area contributed by atoms with Crippen LogP contribution in [0.2, 0.25) is 22.2 Å². The first-order valence-corrected chi connectivity index (χ1v) is 13.3. The highest BCUT2D eigenvalue weighted by atomic mass is 28.5. The van der Waals surface area contributed by atoms with Gasteiger partial charge in [0.2, 0.25) is 0 Å². The van der Waals surface area contributed by atoms with E-state index in [2.05, 4.69) is 55.4 Å². The molecule has 0 spiro atoms. The Morgan fingerprint density at radius 2 is 1.36 bits per heavy atom. The number of para-hydroxylation sites is 1. The number of hydrogen-bond acceptors (Lipinski definition) is 4. The molecule has 25 heavy (non-hydrogen) atoms. The smallest absolute Gasteiger partial charge is 0.395 e. The van der Waals surface area contributed by atoms with Gasteiger partial charge in [0, 0.05) is 16.6 Å². The van der Waals surface area contributed by atoms with E-state index in [-0.39, 0.29) is 16.8 Å². The lowest BCUT2D eigenvalue weighted by Gasteiger charge is -2.49. The number of rotatable bonds is 4. The van der Waals surface area contributed by atoms with E-state index in [1.165, 1.54) is 0 Å². The molecule has 1 aliphatic heterocycles. The fourth-order valence-electron chi connectivity index (χ4n) is 3.83. The molecule has 0 aromatic heterocycles. The van der Waals surface area contributed by atoms with Crippen LogP contribution >= 0.6 is 0 Å². The van der Waals surface area contributed by atoms with Crippen LogP contribution in [-0.2, 0) is 15.1 Å². The van der Waals surface area contributed by atoms with E-state index in [0.717, 1.165) is 5.56 Å². The van der Waals surface area contributed by atoms with Gasteiger partial charge < -0.3 is 18.1 Å². The van der Waals surface area contributed by atoms with Crippen molar-refractivity contribution in [3.63, 3.8) is 0 Å². The highest BCUT2D eigenvalue weighted by molar-refractivity contribution is 6.84. The van der Waals surface area contributed by atoms with Gasteiger partial charge in [-0.15, -0.1) is 0 Å². The first-order chi connectivity index (χ1) is 11.6. The van der Waals surface area contributed by atoms with E-state index < -0.39 is 17.1 Å². The number of phenolic OH excluding ortho intramolecular Hbond substituents is 1. The summed E-state index contributed by atoms with van der Waals surface area (Å²) in [5.41, 5.74) is 2.04. The summed E-state index contributed by atoms with van der Waals surface area (Å²) in [6.07, 6.45) is 0. The quantitative estimate of drug-likeness (QED) is 0.664. The Labute approximate surface area is 155 Å². The van der Waals surface area contributed by atoms with E-state index in [0.29, 0.717) is 23.4 Å². The predicted octanol–water partition coefficient (Wildman–Crippen LogP) is 5.84. The molecule has 0 saturated carbocycles. The predicted molar refractivity (Wildman–Crippen MR) is 107 cm³/mol. The fourth-order valence-corrected chi connectivity index (χ4v) is 14.7. The van der Waals surface area contributed by atoms with Gasteiger partial charge in [-0.1, -0.05) is 67.5 Å². The Hall–Kier alpha value is -0.826. The highest BCUT2D eigenvalue weighted by Gasteiger charge is 2.58. The van der Waals surface area contributed by atoms with Crippen molar-refractivity contribution in [1.82, 2.24) is 0 Å². The van der Waals surface area contributed by atoms with E-state index in [4.69, 9.17) is 13.0 Å². The van der Waals surface area contributed by atoms with Crippen LogP contribution < -0.4 is 4.43 Å². The summed E-state index contributed by atoms with van der Waals surface area (Å²) in [4.78, 5) is 0. The molecule has 0 unspecified atom stereocenters. The average molecular weight is 383 g/mol. The van der Waals surface area contributed by atoms with Crippen molar-refractivity contribution >= 4 is 17.1 Å². The van der Waals surface area contributed by atoms with Crippen molar-refractivity contribution in [2.45, 2.75) is 84.2 Å². The number of phenols is 1. The zero-order chi connectivity index (χ0) is 19.0. The van der Waals surface area contributed by atoms with Crippen LogP contribution in [0.3, 0.4) is 0 Å². The second kappa shape index (κ2) is 7.42. The maximum atomic E-state index is 10.4. The lowest BCUT2D eigenvalue weighted by molar-refractivity contribution is 0.170. The van der Waals surface area contributed by atoms with Crippen LogP contribution in [0.4, 0.5) is 0 Å². The van der Waals surface area contributed by atoms with E-state index in [1.54, 1.807) is 6.07 Å². The second-order valence-electron chi connectivity index (χ2n) is 8.32. The number of benzene rings is 1. The molecule has 1 N–H and O–H groups in total. The molecule has 0 amide bonds. The Morgan fingerprint density at radius 1 is 0.840 bits per heavy atom. The molecule has 0 radical (unpaired) electrons. The van der Waals surface area contributed by atoms with Crippen molar-refractivity contribution in [3.05, 3.63) is 23.8 Å². The van der Waals surface area contributed by atoms with Gasteiger partial charge in [0.1, 0.15) is 0 Å². The third-order valence-corrected chi connectivity index (χ3v) is 15.4. The molecule has 2 rings (SSSR count). The van der Waals surface area contributed by atoms with Gasteiger partial charge >= 0.3 is 17.1 Å². The summed E-state index contributed by atoms with van der Waals surface area (Å²) in [6, 6.07) is 5.52. The zero-order valence-corrected chi connectivity index (χ0v) is 18.9. The molecule has 0 atom stereocenters. The van der Waals surface area contributed by atoms with Crippen molar-refractivity contribution in [2.75, 3.05) is 0 Å². The highest BCUT2D eigenvalue weighted by Crippen LogP contribution is 2.48. The first kappa shape index (κ1) is 20.5. The molecule has 1 aliphatic rings. The van der Waals surface area contributed by atoms with Gasteiger partial charge in [-0.3, -0.25) is 0 Å². The topological polar surface area (TPSA) is 47.9 Å². The van der Waals surface area contributed by atoms with Crippen LogP contribution in [0.25, 0.3) is 0 Å². The second-order valence-corrected chi connectivity index (χ2v) is 17.1. The van der Waals surface area contributed by atoms with Crippen LogP contribution in [0.15, 0.2) is 18.2 Å². The summed E-state index contributed by atoms with van der Waals surface area (Å²) in [5, 5.41) is 10.4. The lowest BCUT2D eigenvalue weighted by Crippen LogP contribution is -2.63. The average Bonchev–Trinajstić information content (AvgIpc) is 2.48. The monoisotopic (exact) mass is 382 g/mol. The van der Waals surface area contributed by atoms with E-state index >= 15 is 0 Å². The molecular formula is C19H34O4Si2. The lowest BCUT2D eigenvalue weighted by atomic mass is 10.2. The Balaban J connectivity index is 2.69. The number of aromatic hydroxyl groups is 1. The van der Waals surface area contributed by atoms with Gasteiger partial charge in [-0.25, -0.2) is 0 Å². The van der Waals surface area contributed by atoms with Gasteiger partial charge in [0.25, 0.3) is 0 Å². The van der Waals surface area contributed by atoms with Gasteiger partial charge in [0.15, 0.2) is 11.5 Å². The van der Waals surface area contributed by atoms with Gasteiger partial charge in [-0.05, 0) is 17.1 Å². The largest absolute Gasteiger partial charge is 0.517 e. The van der Waals surface area contributed by atoms with Crippen molar-refractivity contribution in [3.8, 4) is 11.5 Å². The summed E-state index contributed by atoms with van der Waals surface area (Å²) < 4.78 is 20.3. The zero-order valence-electron chi connectivity index (χ0n) is 16.9. The fraction of sp³-hybridized carbons (Fsp3) is 0.684. The van der Waals surface area contributed by atoms with Crippen molar-refractivity contribution < 1.29 is 18.1 Å². The molecule has 1 aromatic rings. The van der Waals surface area contributed by atoms with E-state index in [1.807, 2.05) is 12.1 Å². The molecule has 1 heterocycles. The molecule has 0 bridgehead atoms. The van der Waals surface area contributed by atoms with Crippen molar-refractivity contribution in [2.24, 2.45) is 0 Å². The van der Waals surface area contributed by atoms with Crippen LogP contribution in [0.5, 0.6) is 11.5 Å². The Morgan fingerprint density at radius 3 is 1.84 bits per heavy atom. The molecule has 0 fully saturated rings. The Kier molecular flexibility index (Phi) is 6.08. The summed E-state index contributed by atoms with van der Waals surface area (Å²) in [7, 11) is -5.20. The summed E-state index contributed by atoms with van der Waals surface area (Å²) in [6.45, 7) is 17.9. The maximum absolute atomic E-state index is 10.4. The number of fused-ring (bicyclic) bond motifs is 1. The molecule has 4 nitrogen and oxygen atoms in total. The van der Waals surface area contributed by atoms with Crippen LogP contribution in [-0.4, -0.2) is 22.2 Å². The third-order valence-electron chi connectivity index (χ3n) is 5.33. The number of hydrogen-bond donors (Lipinski definition) is 1. The molecular weight excluding hydrogens is 348 g/mol. The normalized spacial score (nSPS) is 19.7. The molecule has 0 aliphatic carbocycles. The summed E-state index contributed by atoms with van der Waals surface area (Å²) in [5.74, 6) is 0.720. The minimum Gasteiger partial charge on any atom is -0.517 e. The van der Waals surface area contributed by atoms with Gasteiger partial charge in [0.05, 0.1) is 6.61 Å².